The van der Waals surface area contributed by atoms with Crippen molar-refractivity contribution in [2.24, 2.45) is 0 Å². The van der Waals surface area contributed by atoms with Crippen LogP contribution in [0.1, 0.15) is 41.2 Å². The summed E-state index contributed by atoms with van der Waals surface area (Å²) in [7, 11) is 0. The number of hydrogen-bond donors (Lipinski definition) is 0. The number of benzene rings is 1. The third-order valence-corrected chi connectivity index (χ3v) is 4.55. The Morgan fingerprint density at radius 1 is 1.04 bits per heavy atom. The number of carbonyl (C=O) groups excluding carboxylic acids is 1. The molecule has 3 aromatic rings. The molecule has 0 radical (unpaired) electrons. The fourth-order valence-electron chi connectivity index (χ4n) is 3.36. The smallest absolute Gasteiger partial charge is 0.254 e. The zero-order valence-electron chi connectivity index (χ0n) is 13.3. The Balaban J connectivity index is 1.67. The lowest BCUT2D eigenvalue weighted by Gasteiger charge is -2.36. The molecule has 1 aliphatic rings. The van der Waals surface area contributed by atoms with Crippen LogP contribution in [0.15, 0.2) is 55.1 Å². The van der Waals surface area contributed by atoms with Gasteiger partial charge in [-0.25, -0.2) is 0 Å². The molecule has 5 heteroatoms. The van der Waals surface area contributed by atoms with E-state index >= 15 is 0 Å². The highest BCUT2D eigenvalue weighted by molar-refractivity contribution is 5.97. The van der Waals surface area contributed by atoms with Crippen LogP contribution in [0, 0.1) is 0 Å². The number of aromatic nitrogens is 3. The van der Waals surface area contributed by atoms with E-state index in [1.54, 1.807) is 18.6 Å². The van der Waals surface area contributed by atoms with Gasteiger partial charge < -0.3 is 4.90 Å². The zero-order chi connectivity index (χ0) is 16.4. The maximum atomic E-state index is 13.1. The van der Waals surface area contributed by atoms with Gasteiger partial charge in [-0.05, 0) is 49.1 Å². The molecule has 1 aliphatic heterocycles. The highest BCUT2D eigenvalue weighted by atomic mass is 16.2. The second kappa shape index (κ2) is 6.35. The normalized spacial score (nSPS) is 17.8. The van der Waals surface area contributed by atoms with E-state index in [2.05, 4.69) is 21.0 Å². The molecule has 3 heterocycles. The summed E-state index contributed by atoms with van der Waals surface area (Å²) in [5.74, 6) is 0.0520. The average molecular weight is 318 g/mol. The minimum atomic E-state index is 0.0520. The summed E-state index contributed by atoms with van der Waals surface area (Å²) >= 11 is 0. The van der Waals surface area contributed by atoms with Gasteiger partial charge in [0.2, 0.25) is 0 Å². The topological polar surface area (TPSA) is 59.0 Å². The summed E-state index contributed by atoms with van der Waals surface area (Å²) in [6.07, 6.45) is 10.1. The quantitative estimate of drug-likeness (QED) is 0.726. The number of rotatable bonds is 2. The van der Waals surface area contributed by atoms with Gasteiger partial charge in [-0.2, -0.15) is 0 Å². The van der Waals surface area contributed by atoms with Gasteiger partial charge in [0.1, 0.15) is 0 Å². The molecule has 0 saturated carbocycles. The van der Waals surface area contributed by atoms with Gasteiger partial charge in [0.15, 0.2) is 0 Å². The minimum Gasteiger partial charge on any atom is -0.332 e. The van der Waals surface area contributed by atoms with Crippen LogP contribution in [0.25, 0.3) is 11.0 Å². The molecule has 1 aromatic carbocycles. The average Bonchev–Trinajstić information content (AvgIpc) is 2.68. The predicted molar refractivity (Wildman–Crippen MR) is 91.4 cm³/mol. The highest BCUT2D eigenvalue weighted by Crippen LogP contribution is 2.31. The zero-order valence-corrected chi connectivity index (χ0v) is 13.3. The van der Waals surface area contributed by atoms with Crippen LogP contribution in [-0.2, 0) is 0 Å². The lowest BCUT2D eigenvalue weighted by atomic mass is 9.95. The molecular weight excluding hydrogens is 300 g/mol. The molecule has 2 aromatic heterocycles. The van der Waals surface area contributed by atoms with E-state index in [1.807, 2.05) is 35.4 Å². The fraction of sp³-hybridized carbons (Fsp3) is 0.263. The second-order valence-electron chi connectivity index (χ2n) is 6.06. The van der Waals surface area contributed by atoms with Crippen LogP contribution in [-0.4, -0.2) is 32.3 Å². The summed E-state index contributed by atoms with van der Waals surface area (Å²) in [4.78, 5) is 27.8. The Morgan fingerprint density at radius 2 is 1.92 bits per heavy atom. The van der Waals surface area contributed by atoms with Crippen molar-refractivity contribution in [1.82, 2.24) is 19.9 Å². The Morgan fingerprint density at radius 3 is 2.75 bits per heavy atom. The van der Waals surface area contributed by atoms with E-state index in [4.69, 9.17) is 0 Å². The Kier molecular flexibility index (Phi) is 3.91. The van der Waals surface area contributed by atoms with Crippen molar-refractivity contribution in [3.05, 3.63) is 66.2 Å². The number of piperidine rings is 1. The first-order valence-electron chi connectivity index (χ1n) is 8.24. The minimum absolute atomic E-state index is 0.0520. The lowest BCUT2D eigenvalue weighted by Crippen LogP contribution is -2.38. The van der Waals surface area contributed by atoms with Crippen LogP contribution in [0.2, 0.25) is 0 Å². The van der Waals surface area contributed by atoms with E-state index < -0.39 is 0 Å². The van der Waals surface area contributed by atoms with Crippen molar-refractivity contribution in [1.29, 1.82) is 0 Å². The molecule has 0 spiro atoms. The van der Waals surface area contributed by atoms with Gasteiger partial charge >= 0.3 is 0 Å². The predicted octanol–water partition coefficient (Wildman–Crippen LogP) is 3.39. The molecule has 0 aliphatic carbocycles. The van der Waals surface area contributed by atoms with Crippen molar-refractivity contribution in [2.45, 2.75) is 25.3 Å². The number of hydrogen-bond acceptors (Lipinski definition) is 4. The summed E-state index contributed by atoms with van der Waals surface area (Å²) in [6.45, 7) is 0.775. The van der Waals surface area contributed by atoms with Crippen molar-refractivity contribution < 1.29 is 4.79 Å². The molecule has 1 fully saturated rings. The van der Waals surface area contributed by atoms with Crippen molar-refractivity contribution in [3.63, 3.8) is 0 Å². The van der Waals surface area contributed by atoms with E-state index in [9.17, 15) is 4.79 Å². The molecule has 24 heavy (non-hydrogen) atoms. The van der Waals surface area contributed by atoms with Crippen LogP contribution in [0.5, 0.6) is 0 Å². The number of nitrogens with zero attached hydrogens (tertiary/aromatic N) is 4. The number of pyridine rings is 1. The highest BCUT2D eigenvalue weighted by Gasteiger charge is 2.28. The second-order valence-corrected chi connectivity index (χ2v) is 6.06. The Labute approximate surface area is 140 Å². The van der Waals surface area contributed by atoms with Crippen LogP contribution in [0.4, 0.5) is 0 Å². The van der Waals surface area contributed by atoms with Crippen molar-refractivity contribution >= 4 is 16.9 Å². The first kappa shape index (κ1) is 14.8. The van der Waals surface area contributed by atoms with Gasteiger partial charge in [-0.3, -0.25) is 19.7 Å². The van der Waals surface area contributed by atoms with Crippen LogP contribution in [0.3, 0.4) is 0 Å². The van der Waals surface area contributed by atoms with E-state index in [1.165, 1.54) is 0 Å². The molecule has 1 saturated heterocycles. The summed E-state index contributed by atoms with van der Waals surface area (Å²) in [5, 5.41) is 0. The van der Waals surface area contributed by atoms with Gasteiger partial charge in [0.05, 0.1) is 17.1 Å². The first-order valence-corrected chi connectivity index (χ1v) is 8.24. The molecule has 0 unspecified atom stereocenters. The molecule has 1 atom stereocenters. The Bertz CT molecular complexity index is 865. The van der Waals surface area contributed by atoms with Crippen molar-refractivity contribution in [2.75, 3.05) is 6.54 Å². The SMILES string of the molecule is O=C(c1ccc2nccnc2c1)N1CCCC[C@H]1c1cccnc1. The first-order chi connectivity index (χ1) is 11.8. The molecule has 1 amide bonds. The van der Waals surface area contributed by atoms with Gasteiger partial charge in [0, 0.05) is 36.9 Å². The van der Waals surface area contributed by atoms with Crippen LogP contribution >= 0.6 is 0 Å². The standard InChI is InChI=1S/C19H18N4O/c24-19(14-6-7-16-17(12-14)22-10-9-21-16)23-11-2-1-5-18(23)15-4-3-8-20-13-15/h3-4,6-10,12-13,18H,1-2,5,11H2/t18-/m0/s1. The summed E-state index contributed by atoms with van der Waals surface area (Å²) in [6, 6.07) is 9.61. The van der Waals surface area contributed by atoms with Gasteiger partial charge in [-0.1, -0.05) is 6.07 Å². The molecule has 120 valence electrons. The summed E-state index contributed by atoms with van der Waals surface area (Å²) < 4.78 is 0. The van der Waals surface area contributed by atoms with E-state index in [0.717, 1.165) is 42.4 Å². The molecule has 5 nitrogen and oxygen atoms in total. The summed E-state index contributed by atoms with van der Waals surface area (Å²) in [5.41, 5.74) is 3.32. The van der Waals surface area contributed by atoms with Gasteiger partial charge in [0.25, 0.3) is 5.91 Å². The molecule has 0 N–H and O–H groups in total. The number of amides is 1. The third-order valence-electron chi connectivity index (χ3n) is 4.55. The molecule has 0 bridgehead atoms. The maximum Gasteiger partial charge on any atom is 0.254 e. The number of likely N-dealkylation sites (tertiary alicyclic amines) is 1. The van der Waals surface area contributed by atoms with Crippen molar-refractivity contribution in [3.8, 4) is 0 Å². The third kappa shape index (κ3) is 2.73. The van der Waals surface area contributed by atoms with E-state index in [0.29, 0.717) is 5.56 Å². The fourth-order valence-corrected chi connectivity index (χ4v) is 3.36. The van der Waals surface area contributed by atoms with Crippen LogP contribution < -0.4 is 0 Å². The molecular formula is C19H18N4O. The van der Waals surface area contributed by atoms with E-state index in [-0.39, 0.29) is 11.9 Å². The Hall–Kier alpha value is -2.82. The van der Waals surface area contributed by atoms with Gasteiger partial charge in [-0.15, -0.1) is 0 Å². The lowest BCUT2D eigenvalue weighted by molar-refractivity contribution is 0.0611. The number of fused-ring (bicyclic) bond motifs is 1. The largest absolute Gasteiger partial charge is 0.332 e. The number of carbonyl (C=O) groups is 1. The maximum absolute atomic E-state index is 13.1. The molecule has 4 rings (SSSR count). The monoisotopic (exact) mass is 318 g/mol.